The number of aromatic nitrogens is 2. The summed E-state index contributed by atoms with van der Waals surface area (Å²) < 4.78 is 0. The first-order chi connectivity index (χ1) is 19.4. The van der Waals surface area contributed by atoms with Crippen molar-refractivity contribution < 1.29 is 18.9 Å². The molecular formula is C31H50Cl3I3LiN5. The Morgan fingerprint density at radius 3 is 1.60 bits per heavy atom. The van der Waals surface area contributed by atoms with Gasteiger partial charge in [-0.25, -0.2) is 9.97 Å². The van der Waals surface area contributed by atoms with Crippen LogP contribution in [0.4, 0.5) is 0 Å². The first-order valence-electron chi connectivity index (χ1n) is 14.6. The van der Waals surface area contributed by atoms with E-state index in [9.17, 15) is 0 Å². The molecular weight excluding hydrogens is 936 g/mol. The first-order valence-corrected chi connectivity index (χ1v) is 22.0. The zero-order chi connectivity index (χ0) is 31.2. The Bertz CT molecular complexity index is 1000. The number of piperidine rings is 1. The molecule has 3 fully saturated rings. The summed E-state index contributed by atoms with van der Waals surface area (Å²) in [6, 6.07) is 6.86. The van der Waals surface area contributed by atoms with Crippen molar-refractivity contribution in [1.82, 2.24) is 19.8 Å². The van der Waals surface area contributed by atoms with Crippen LogP contribution in [0.5, 0.6) is 0 Å². The van der Waals surface area contributed by atoms with Crippen molar-refractivity contribution in [1.29, 1.82) is 0 Å². The van der Waals surface area contributed by atoms with E-state index in [0.29, 0.717) is 27.4 Å². The minimum absolute atomic E-state index is 0. The van der Waals surface area contributed by atoms with E-state index in [4.69, 9.17) is 40.1 Å². The van der Waals surface area contributed by atoms with Crippen LogP contribution in [0.2, 0.25) is 15.3 Å². The van der Waals surface area contributed by atoms with Gasteiger partial charge in [-0.05, 0) is 76.1 Å². The van der Waals surface area contributed by atoms with Crippen molar-refractivity contribution in [2.75, 3.05) is 27.2 Å². The van der Waals surface area contributed by atoms with Gasteiger partial charge in [-0.3, -0.25) is 9.80 Å². The Morgan fingerprint density at radius 1 is 0.791 bits per heavy atom. The second-order valence-electron chi connectivity index (χ2n) is 11.8. The molecule has 0 aromatic carbocycles. The van der Waals surface area contributed by atoms with Gasteiger partial charge in [0.05, 0.1) is 5.02 Å². The Kier molecular flexibility index (Phi) is 26.3. The number of nitrogens with zero attached hydrogens (tertiary/aromatic N) is 5. The van der Waals surface area contributed by atoms with Crippen molar-refractivity contribution in [3.05, 3.63) is 62.4 Å². The maximum Gasteiger partial charge on any atom is 1.00 e. The van der Waals surface area contributed by atoms with Crippen LogP contribution >= 0.6 is 96.0 Å². The molecule has 12 heteroatoms. The SMILES string of the molecule is CC.CC1(C)CCCC(C)(C)[N-]1.CN1CCC[C@H]1c1ccc(Cl)nc1.CN1CCC[C@H]1c1cnc(Cl)c(Cl)c1.I.II.[Li+]. The molecule has 5 nitrogen and oxygen atoms in total. The van der Waals surface area contributed by atoms with Gasteiger partial charge in [0, 0.05) is 61.7 Å². The zero-order valence-electron chi connectivity index (χ0n) is 27.4. The first kappa shape index (κ1) is 47.0. The largest absolute Gasteiger partial charge is 1.00 e. The Morgan fingerprint density at radius 2 is 1.26 bits per heavy atom. The maximum absolute atomic E-state index is 5.93. The number of likely N-dealkylation sites (tertiary alicyclic amines) is 2. The van der Waals surface area contributed by atoms with Crippen LogP contribution in [-0.4, -0.2) is 58.0 Å². The number of rotatable bonds is 2. The average Bonchev–Trinajstić information content (AvgIpc) is 3.56. The minimum Gasteiger partial charge on any atom is -0.652 e. The molecule has 2 atom stereocenters. The topological polar surface area (TPSA) is 46.4 Å². The number of pyridine rings is 2. The minimum atomic E-state index is 0. The quantitative estimate of drug-likeness (QED) is 0.171. The van der Waals surface area contributed by atoms with Gasteiger partial charge in [0.2, 0.25) is 0 Å². The van der Waals surface area contributed by atoms with E-state index in [0.717, 1.165) is 6.54 Å². The molecule has 0 saturated carbocycles. The smallest absolute Gasteiger partial charge is 0.652 e. The fraction of sp³-hybridized carbons (Fsp3) is 0.677. The molecule has 0 spiro atoms. The predicted molar refractivity (Wildman–Crippen MR) is 213 cm³/mol. The summed E-state index contributed by atoms with van der Waals surface area (Å²) in [5.41, 5.74) is 2.92. The van der Waals surface area contributed by atoms with Gasteiger partial charge >= 0.3 is 18.9 Å². The number of halogens is 6. The molecule has 43 heavy (non-hydrogen) atoms. The van der Waals surface area contributed by atoms with Crippen LogP contribution in [0, 0.1) is 0 Å². The zero-order valence-corrected chi connectivity index (χ0v) is 36.4. The number of hydrogen-bond donors (Lipinski definition) is 0. The van der Waals surface area contributed by atoms with Gasteiger partial charge in [0.1, 0.15) is 10.3 Å². The third-order valence-corrected chi connectivity index (χ3v) is 8.47. The van der Waals surface area contributed by atoms with Crippen LogP contribution in [0.25, 0.3) is 5.32 Å². The molecule has 5 rings (SSSR count). The van der Waals surface area contributed by atoms with Gasteiger partial charge < -0.3 is 5.32 Å². The molecule has 0 N–H and O–H groups in total. The molecule has 3 saturated heterocycles. The van der Waals surface area contributed by atoms with E-state index in [-0.39, 0.29) is 53.9 Å². The molecule has 0 aliphatic carbocycles. The fourth-order valence-corrected chi connectivity index (χ4v) is 6.14. The van der Waals surface area contributed by atoms with Crippen molar-refractivity contribution in [2.24, 2.45) is 0 Å². The molecule has 3 aliphatic rings. The monoisotopic (exact) mass is 985 g/mol. The van der Waals surface area contributed by atoms with Crippen molar-refractivity contribution in [3.63, 3.8) is 0 Å². The second-order valence-corrected chi connectivity index (χ2v) is 13.0. The molecule has 0 radical (unpaired) electrons. The molecule has 3 aliphatic heterocycles. The summed E-state index contributed by atoms with van der Waals surface area (Å²) in [4.78, 5) is 12.8. The molecule has 0 amide bonds. The third kappa shape index (κ3) is 17.2. The van der Waals surface area contributed by atoms with E-state index in [2.05, 4.69) is 105 Å². The summed E-state index contributed by atoms with van der Waals surface area (Å²) in [7, 11) is 4.28. The van der Waals surface area contributed by atoms with Crippen LogP contribution in [0.15, 0.2) is 30.6 Å². The molecule has 2 aromatic rings. The summed E-state index contributed by atoms with van der Waals surface area (Å²) in [5.74, 6) is 0. The van der Waals surface area contributed by atoms with Crippen molar-refractivity contribution in [3.8, 4) is 0 Å². The summed E-state index contributed by atoms with van der Waals surface area (Å²) >= 11 is 21.7. The summed E-state index contributed by atoms with van der Waals surface area (Å²) in [5, 5.41) is 6.25. The van der Waals surface area contributed by atoms with Gasteiger partial charge in [-0.1, -0.05) is 102 Å². The van der Waals surface area contributed by atoms with E-state index in [1.165, 1.54) is 62.6 Å². The standard InChI is InChI=1S/C10H12Cl2N2.C10H13ClN2.C9H18N.C2H6.I2.HI.Li/c1-14-4-2-3-9(14)7-5-8(11)10(12)13-6-7;1-13-6-2-3-9(13)8-4-5-10(11)12-7-8;1-8(2)6-5-7-9(3,4)10-8;2*1-2;;/h5-6,9H,2-4H2,1H3;4-5,7,9H,2-3,6H2,1H3;5-7H2,1-4H3;1-2H3;;1H;/q;;-1;;;;+1/t2*9-;;;;;/m00...../s1. The summed E-state index contributed by atoms with van der Waals surface area (Å²) in [6.07, 6.45) is 12.5. The Hall–Kier alpha value is 1.84. The van der Waals surface area contributed by atoms with Crippen molar-refractivity contribution in [2.45, 2.75) is 110 Å². The number of hydrogen-bond acceptors (Lipinski definition) is 4. The van der Waals surface area contributed by atoms with Gasteiger partial charge in [0.25, 0.3) is 0 Å². The normalized spacial score (nSPS) is 21.9. The van der Waals surface area contributed by atoms with Gasteiger partial charge in [-0.2, -0.15) is 0 Å². The molecule has 0 bridgehead atoms. The van der Waals surface area contributed by atoms with E-state index in [1.54, 1.807) is 0 Å². The Labute approximate surface area is 330 Å². The van der Waals surface area contributed by atoms with Gasteiger partial charge in [-0.15, -0.1) is 35.1 Å². The van der Waals surface area contributed by atoms with E-state index >= 15 is 0 Å². The fourth-order valence-electron chi connectivity index (χ4n) is 5.75. The molecule has 5 heterocycles. The van der Waals surface area contributed by atoms with E-state index < -0.39 is 0 Å². The molecule has 2 aromatic heterocycles. The van der Waals surface area contributed by atoms with Crippen molar-refractivity contribution >= 4 is 96.0 Å². The Balaban J connectivity index is 0. The van der Waals surface area contributed by atoms with Gasteiger partial charge in [0.15, 0.2) is 0 Å². The third-order valence-electron chi connectivity index (χ3n) is 7.56. The van der Waals surface area contributed by atoms with Crippen LogP contribution in [0.1, 0.15) is 110 Å². The van der Waals surface area contributed by atoms with Crippen LogP contribution in [0.3, 0.4) is 0 Å². The average molecular weight is 987 g/mol. The maximum atomic E-state index is 5.93. The second kappa shape index (κ2) is 24.0. The predicted octanol–water partition coefficient (Wildman–Crippen LogP) is 9.18. The van der Waals surface area contributed by atoms with E-state index in [1.807, 2.05) is 38.4 Å². The summed E-state index contributed by atoms with van der Waals surface area (Å²) in [6.45, 7) is 15.3. The molecule has 0 unspecified atom stereocenters. The molecule has 242 valence electrons. The van der Waals surface area contributed by atoms with Crippen LogP contribution < -0.4 is 18.9 Å². The van der Waals surface area contributed by atoms with Crippen LogP contribution in [-0.2, 0) is 0 Å².